The van der Waals surface area contributed by atoms with E-state index in [4.69, 9.17) is 5.11 Å². The second-order valence-corrected chi connectivity index (χ2v) is 3.25. The molecule has 0 radical (unpaired) electrons. The molecular weight excluding hydrogens is 220 g/mol. The van der Waals surface area contributed by atoms with E-state index >= 15 is 0 Å². The third-order valence-electron chi connectivity index (χ3n) is 0.813. The van der Waals surface area contributed by atoms with Gasteiger partial charge in [-0.05, 0) is 18.8 Å². The summed E-state index contributed by atoms with van der Waals surface area (Å²) in [4.78, 5) is 29.7. The van der Waals surface area contributed by atoms with Gasteiger partial charge in [-0.1, -0.05) is 6.58 Å². The van der Waals surface area contributed by atoms with Crippen LogP contribution in [0.25, 0.3) is 0 Å². The molecule has 0 atom stereocenters. The zero-order valence-corrected chi connectivity index (χ0v) is 9.75. The molecule has 0 amide bonds. The monoisotopic (exact) mass is 236 g/mol. The number of carboxylic acid groups (broad SMARTS) is 1. The van der Waals surface area contributed by atoms with Crippen LogP contribution < -0.4 is 0 Å². The first-order valence-corrected chi connectivity index (χ1v) is 4.73. The second-order valence-electron chi connectivity index (χ2n) is 2.49. The van der Waals surface area contributed by atoms with E-state index in [1.54, 1.807) is 6.92 Å². The first-order chi connectivity index (χ1) is 6.90. The van der Waals surface area contributed by atoms with Gasteiger partial charge < -0.3 is 5.11 Å². The molecule has 0 rings (SSSR count). The predicted octanol–water partition coefficient (Wildman–Crippen LogP) is 1.80. The lowest BCUT2D eigenvalue weighted by atomic mass is 10.3. The summed E-state index contributed by atoms with van der Waals surface area (Å²) in [5, 5.41) is 8.14. The second kappa shape index (κ2) is 11.1. The van der Waals surface area contributed by atoms with Crippen LogP contribution in [0.4, 0.5) is 0 Å². The SMILES string of the molecule is C=C(C)S.CCOOC(=O)CCC(=O)O. The Kier molecular flexibility index (Phi) is 12.1. The number of hydrogen-bond donors (Lipinski definition) is 2. The minimum absolute atomic E-state index is 0.157. The number of carbonyl (C=O) groups is 2. The molecule has 0 aromatic carbocycles. The van der Waals surface area contributed by atoms with Gasteiger partial charge in [0.2, 0.25) is 0 Å². The lowest BCUT2D eigenvalue weighted by Gasteiger charge is -1.98. The molecule has 0 saturated carbocycles. The molecule has 5 nitrogen and oxygen atoms in total. The Morgan fingerprint density at radius 1 is 1.40 bits per heavy atom. The van der Waals surface area contributed by atoms with Gasteiger partial charge in [0.05, 0.1) is 19.4 Å². The van der Waals surface area contributed by atoms with Gasteiger partial charge in [-0.2, -0.15) is 4.89 Å². The molecule has 88 valence electrons. The number of aliphatic carboxylic acids is 1. The average molecular weight is 236 g/mol. The summed E-state index contributed by atoms with van der Waals surface area (Å²) in [7, 11) is 0. The van der Waals surface area contributed by atoms with E-state index in [2.05, 4.69) is 29.0 Å². The van der Waals surface area contributed by atoms with Gasteiger partial charge in [-0.3, -0.25) is 9.68 Å². The molecule has 0 spiro atoms. The van der Waals surface area contributed by atoms with E-state index in [9.17, 15) is 9.59 Å². The van der Waals surface area contributed by atoms with Gasteiger partial charge in [-0.15, -0.1) is 12.6 Å². The van der Waals surface area contributed by atoms with Crippen LogP contribution in [-0.2, 0) is 19.4 Å². The topological polar surface area (TPSA) is 72.8 Å². The largest absolute Gasteiger partial charge is 0.481 e. The first kappa shape index (κ1) is 16.4. The Labute approximate surface area is 94.4 Å². The van der Waals surface area contributed by atoms with Crippen LogP contribution in [0.15, 0.2) is 11.5 Å². The number of allylic oxidation sites excluding steroid dienone is 1. The number of thiol groups is 1. The van der Waals surface area contributed by atoms with Gasteiger partial charge >= 0.3 is 11.9 Å². The maximum absolute atomic E-state index is 10.5. The Morgan fingerprint density at radius 2 is 1.87 bits per heavy atom. The highest BCUT2D eigenvalue weighted by atomic mass is 32.1. The van der Waals surface area contributed by atoms with Crippen LogP contribution in [0.5, 0.6) is 0 Å². The van der Waals surface area contributed by atoms with E-state index in [1.165, 1.54) is 0 Å². The fraction of sp³-hybridized carbons (Fsp3) is 0.556. The lowest BCUT2D eigenvalue weighted by molar-refractivity contribution is -0.269. The maximum atomic E-state index is 10.5. The van der Waals surface area contributed by atoms with E-state index in [0.717, 1.165) is 4.91 Å². The third kappa shape index (κ3) is 24.6. The summed E-state index contributed by atoms with van der Waals surface area (Å²) in [5.41, 5.74) is 0. The highest BCUT2D eigenvalue weighted by molar-refractivity contribution is 7.84. The molecule has 0 aromatic rings. The molecule has 0 unspecified atom stereocenters. The summed E-state index contributed by atoms with van der Waals surface area (Å²) >= 11 is 3.77. The van der Waals surface area contributed by atoms with Crippen molar-refractivity contribution in [3.8, 4) is 0 Å². The van der Waals surface area contributed by atoms with E-state index < -0.39 is 11.9 Å². The summed E-state index contributed by atoms with van der Waals surface area (Å²) in [6.07, 6.45) is -0.388. The maximum Gasteiger partial charge on any atom is 0.342 e. The van der Waals surface area contributed by atoms with Gasteiger partial charge in [0.25, 0.3) is 0 Å². The molecule has 0 aliphatic carbocycles. The highest BCUT2D eigenvalue weighted by Crippen LogP contribution is 1.92. The normalized spacial score (nSPS) is 8.47. The minimum Gasteiger partial charge on any atom is -0.481 e. The van der Waals surface area contributed by atoms with Crippen LogP contribution in [0, 0.1) is 0 Å². The van der Waals surface area contributed by atoms with Crippen LogP contribution in [0.2, 0.25) is 0 Å². The summed E-state index contributed by atoms with van der Waals surface area (Å²) in [5.74, 6) is -1.69. The van der Waals surface area contributed by atoms with Gasteiger partial charge in [0.15, 0.2) is 0 Å². The van der Waals surface area contributed by atoms with E-state index in [1.807, 2.05) is 6.92 Å². The Hall–Kier alpha value is -1.01. The molecule has 0 aliphatic heterocycles. The molecular formula is C9H16O5S. The van der Waals surface area contributed by atoms with Crippen molar-refractivity contribution in [1.29, 1.82) is 0 Å². The Bertz CT molecular complexity index is 211. The van der Waals surface area contributed by atoms with Crippen molar-refractivity contribution in [2.45, 2.75) is 26.7 Å². The summed E-state index contributed by atoms with van der Waals surface area (Å²) < 4.78 is 0. The fourth-order valence-electron chi connectivity index (χ4n) is 0.375. The molecule has 0 bridgehead atoms. The van der Waals surface area contributed by atoms with Crippen molar-refractivity contribution in [3.63, 3.8) is 0 Å². The molecule has 0 fully saturated rings. The minimum atomic E-state index is -1.03. The van der Waals surface area contributed by atoms with Crippen molar-refractivity contribution in [2.75, 3.05) is 6.61 Å². The zero-order valence-electron chi connectivity index (χ0n) is 8.86. The summed E-state index contributed by atoms with van der Waals surface area (Å²) in [6.45, 7) is 7.18. The smallest absolute Gasteiger partial charge is 0.342 e. The molecule has 0 heterocycles. The van der Waals surface area contributed by atoms with Gasteiger partial charge in [0.1, 0.15) is 0 Å². The highest BCUT2D eigenvalue weighted by Gasteiger charge is 2.06. The Morgan fingerprint density at radius 3 is 2.20 bits per heavy atom. The van der Waals surface area contributed by atoms with Crippen molar-refractivity contribution >= 4 is 24.6 Å². The molecule has 0 aliphatic rings. The summed E-state index contributed by atoms with van der Waals surface area (Å²) in [6, 6.07) is 0. The average Bonchev–Trinajstić information content (AvgIpc) is 2.10. The fourth-order valence-corrected chi connectivity index (χ4v) is 0.375. The standard InChI is InChI=1S/C6H10O5.C3H6S/c1-2-10-11-6(9)4-3-5(7)8;1-3(2)4/h2-4H2,1H3,(H,7,8);4H,1H2,2H3. The van der Waals surface area contributed by atoms with Gasteiger partial charge in [-0.25, -0.2) is 4.79 Å². The van der Waals surface area contributed by atoms with Crippen LogP contribution in [-0.4, -0.2) is 23.7 Å². The van der Waals surface area contributed by atoms with Crippen LogP contribution in [0.3, 0.4) is 0 Å². The molecule has 0 saturated heterocycles. The van der Waals surface area contributed by atoms with Crippen molar-refractivity contribution in [2.24, 2.45) is 0 Å². The number of carboxylic acids is 1. The number of rotatable bonds is 5. The van der Waals surface area contributed by atoms with Crippen molar-refractivity contribution in [1.82, 2.24) is 0 Å². The molecule has 1 N–H and O–H groups in total. The lowest BCUT2D eigenvalue weighted by Crippen LogP contribution is -2.07. The zero-order chi connectivity index (χ0) is 12.3. The van der Waals surface area contributed by atoms with Gasteiger partial charge in [0, 0.05) is 0 Å². The molecule has 15 heavy (non-hydrogen) atoms. The third-order valence-corrected chi connectivity index (χ3v) is 0.813. The first-order valence-electron chi connectivity index (χ1n) is 4.28. The quantitative estimate of drug-likeness (QED) is 0.432. The van der Waals surface area contributed by atoms with Crippen LogP contribution in [0.1, 0.15) is 26.7 Å². The number of hydrogen-bond acceptors (Lipinski definition) is 5. The molecule has 6 heteroatoms. The number of carbonyl (C=O) groups excluding carboxylic acids is 1. The van der Waals surface area contributed by atoms with E-state index in [0.29, 0.717) is 0 Å². The molecule has 0 aromatic heterocycles. The Balaban J connectivity index is 0. The van der Waals surface area contributed by atoms with Crippen molar-refractivity contribution < 1.29 is 24.5 Å². The van der Waals surface area contributed by atoms with Crippen LogP contribution >= 0.6 is 12.6 Å². The van der Waals surface area contributed by atoms with Crippen molar-refractivity contribution in [3.05, 3.63) is 11.5 Å². The van der Waals surface area contributed by atoms with E-state index in [-0.39, 0.29) is 19.4 Å². The predicted molar refractivity (Wildman–Crippen MR) is 58.4 cm³/mol.